The standard InChI is InChI=1S/C26H36N4O2/c31-26(10-15-30-12-4-11-27-30)29(20-25-7-3-16-32-25)19-21-8-13-28(14-9-21)24-17-22-5-1-2-6-23(22)18-24/h1-2,4-6,11-12,21,24-25H,3,7-10,13-20H2/t25-/m0/s1. The van der Waals surface area contributed by atoms with Crippen LogP contribution in [-0.2, 0) is 28.9 Å². The molecule has 0 unspecified atom stereocenters. The van der Waals surface area contributed by atoms with Gasteiger partial charge in [-0.25, -0.2) is 0 Å². The number of aromatic nitrogens is 2. The first kappa shape index (κ1) is 21.7. The van der Waals surface area contributed by atoms with Crippen LogP contribution in [0.4, 0.5) is 0 Å². The van der Waals surface area contributed by atoms with E-state index in [1.165, 1.54) is 36.8 Å². The summed E-state index contributed by atoms with van der Waals surface area (Å²) in [5.74, 6) is 0.828. The maximum atomic E-state index is 13.1. The molecule has 0 bridgehead atoms. The van der Waals surface area contributed by atoms with Gasteiger partial charge in [0.15, 0.2) is 0 Å². The van der Waals surface area contributed by atoms with Crippen molar-refractivity contribution in [2.75, 3.05) is 32.8 Å². The third-order valence-corrected chi connectivity index (χ3v) is 7.59. The molecule has 6 heteroatoms. The minimum absolute atomic E-state index is 0.209. The third-order valence-electron chi connectivity index (χ3n) is 7.59. The minimum Gasteiger partial charge on any atom is -0.376 e. The summed E-state index contributed by atoms with van der Waals surface area (Å²) in [5.41, 5.74) is 3.07. The zero-order valence-corrected chi connectivity index (χ0v) is 19.1. The number of carbonyl (C=O) groups is 1. The molecule has 1 aromatic carbocycles. The Balaban J connectivity index is 1.13. The summed E-state index contributed by atoms with van der Waals surface area (Å²) in [5, 5.41) is 4.24. The van der Waals surface area contributed by atoms with Gasteiger partial charge in [-0.1, -0.05) is 24.3 Å². The fraction of sp³-hybridized carbons (Fsp3) is 0.615. The molecular weight excluding hydrogens is 400 g/mol. The van der Waals surface area contributed by atoms with Crippen LogP contribution < -0.4 is 0 Å². The normalized spacial score (nSPS) is 22.3. The Morgan fingerprint density at radius 3 is 2.50 bits per heavy atom. The molecule has 3 heterocycles. The first-order chi connectivity index (χ1) is 15.7. The predicted octanol–water partition coefficient (Wildman–Crippen LogP) is 3.16. The second-order valence-electron chi connectivity index (χ2n) is 9.76. The zero-order valence-electron chi connectivity index (χ0n) is 19.1. The van der Waals surface area contributed by atoms with Gasteiger partial charge in [-0.3, -0.25) is 14.4 Å². The molecule has 1 atom stereocenters. The van der Waals surface area contributed by atoms with Gasteiger partial charge >= 0.3 is 0 Å². The number of aryl methyl sites for hydroxylation is 1. The Bertz CT molecular complexity index is 845. The van der Waals surface area contributed by atoms with Crippen LogP contribution >= 0.6 is 0 Å². The number of nitrogens with zero attached hydrogens (tertiary/aromatic N) is 4. The van der Waals surface area contributed by atoms with Crippen LogP contribution in [-0.4, -0.2) is 70.4 Å². The highest BCUT2D eigenvalue weighted by molar-refractivity contribution is 5.76. The Morgan fingerprint density at radius 1 is 1.06 bits per heavy atom. The Labute approximate surface area is 191 Å². The monoisotopic (exact) mass is 436 g/mol. The van der Waals surface area contributed by atoms with Gasteiger partial charge in [0.1, 0.15) is 0 Å². The topological polar surface area (TPSA) is 50.6 Å². The molecule has 2 aromatic rings. The SMILES string of the molecule is O=C(CCn1cccn1)N(CC1CCN(C2Cc3ccccc3C2)CC1)C[C@@H]1CCCO1. The van der Waals surface area contributed by atoms with Crippen LogP contribution in [0.1, 0.15) is 43.2 Å². The molecule has 5 rings (SSSR count). The van der Waals surface area contributed by atoms with Gasteiger partial charge in [0.05, 0.1) is 6.10 Å². The highest BCUT2D eigenvalue weighted by atomic mass is 16.5. The molecule has 1 amide bonds. The van der Waals surface area contributed by atoms with Crippen LogP contribution in [0.5, 0.6) is 0 Å². The van der Waals surface area contributed by atoms with Gasteiger partial charge in [0, 0.05) is 51.1 Å². The highest BCUT2D eigenvalue weighted by Gasteiger charge is 2.31. The van der Waals surface area contributed by atoms with Gasteiger partial charge < -0.3 is 9.64 Å². The summed E-state index contributed by atoms with van der Waals surface area (Å²) in [4.78, 5) is 17.9. The summed E-state index contributed by atoms with van der Waals surface area (Å²) in [6, 6.07) is 11.5. The first-order valence-corrected chi connectivity index (χ1v) is 12.4. The quantitative estimate of drug-likeness (QED) is 0.638. The third kappa shape index (κ3) is 5.24. The van der Waals surface area contributed by atoms with E-state index in [2.05, 4.69) is 39.2 Å². The van der Waals surface area contributed by atoms with E-state index in [0.717, 1.165) is 45.6 Å². The lowest BCUT2D eigenvalue weighted by atomic mass is 9.94. The lowest BCUT2D eigenvalue weighted by Gasteiger charge is -2.38. The number of carbonyl (C=O) groups excluding carboxylic acids is 1. The number of rotatable bonds is 8. The molecule has 0 radical (unpaired) electrons. The molecule has 2 aliphatic heterocycles. The number of piperidine rings is 1. The lowest BCUT2D eigenvalue weighted by molar-refractivity contribution is -0.134. The Kier molecular flexibility index (Phi) is 6.89. The van der Waals surface area contributed by atoms with Gasteiger partial charge in [0.2, 0.25) is 5.91 Å². The van der Waals surface area contributed by atoms with Crippen LogP contribution in [0.3, 0.4) is 0 Å². The maximum absolute atomic E-state index is 13.1. The van der Waals surface area contributed by atoms with Crippen molar-refractivity contribution in [1.29, 1.82) is 0 Å². The van der Waals surface area contributed by atoms with Gasteiger partial charge in [-0.2, -0.15) is 5.10 Å². The van der Waals surface area contributed by atoms with Crippen LogP contribution in [0, 0.1) is 5.92 Å². The predicted molar refractivity (Wildman–Crippen MR) is 124 cm³/mol. The molecule has 0 N–H and O–H groups in total. The van der Waals surface area contributed by atoms with Crippen molar-refractivity contribution in [3.8, 4) is 0 Å². The van der Waals surface area contributed by atoms with Crippen molar-refractivity contribution in [3.63, 3.8) is 0 Å². The molecule has 0 spiro atoms. The molecule has 1 aliphatic carbocycles. The molecule has 0 saturated carbocycles. The van der Waals surface area contributed by atoms with Crippen LogP contribution in [0.25, 0.3) is 0 Å². The molecule has 2 fully saturated rings. The molecule has 2 saturated heterocycles. The summed E-state index contributed by atoms with van der Waals surface area (Å²) in [6.07, 6.45) is 11.3. The van der Waals surface area contributed by atoms with E-state index >= 15 is 0 Å². The summed E-state index contributed by atoms with van der Waals surface area (Å²) in [7, 11) is 0. The Hall–Kier alpha value is -2.18. The van der Waals surface area contributed by atoms with Crippen molar-refractivity contribution in [2.45, 2.75) is 63.6 Å². The van der Waals surface area contributed by atoms with E-state index in [0.29, 0.717) is 24.9 Å². The average Bonchev–Trinajstić information content (AvgIpc) is 3.59. The van der Waals surface area contributed by atoms with Crippen LogP contribution in [0.2, 0.25) is 0 Å². The molecule has 3 aliphatic rings. The number of amides is 1. The van der Waals surface area contributed by atoms with Crippen molar-refractivity contribution < 1.29 is 9.53 Å². The maximum Gasteiger partial charge on any atom is 0.224 e. The summed E-state index contributed by atoms with van der Waals surface area (Å²) in [6.45, 7) is 5.40. The fourth-order valence-corrected chi connectivity index (χ4v) is 5.72. The van der Waals surface area contributed by atoms with Crippen molar-refractivity contribution in [1.82, 2.24) is 19.6 Å². The van der Waals surface area contributed by atoms with Gasteiger partial charge in [0.25, 0.3) is 0 Å². The van der Waals surface area contributed by atoms with Crippen molar-refractivity contribution in [2.24, 2.45) is 5.92 Å². The highest BCUT2D eigenvalue weighted by Crippen LogP contribution is 2.29. The fourth-order valence-electron chi connectivity index (χ4n) is 5.72. The first-order valence-electron chi connectivity index (χ1n) is 12.4. The minimum atomic E-state index is 0.209. The summed E-state index contributed by atoms with van der Waals surface area (Å²) >= 11 is 0. The van der Waals surface area contributed by atoms with Crippen LogP contribution in [0.15, 0.2) is 42.7 Å². The molecule has 32 heavy (non-hydrogen) atoms. The van der Waals surface area contributed by atoms with E-state index in [4.69, 9.17) is 4.74 Å². The van der Waals surface area contributed by atoms with E-state index in [9.17, 15) is 4.79 Å². The van der Waals surface area contributed by atoms with Crippen molar-refractivity contribution >= 4 is 5.91 Å². The molecular formula is C26H36N4O2. The number of hydrogen-bond acceptors (Lipinski definition) is 4. The van der Waals surface area contributed by atoms with E-state index < -0.39 is 0 Å². The van der Waals surface area contributed by atoms with E-state index in [1.54, 1.807) is 6.20 Å². The van der Waals surface area contributed by atoms with Gasteiger partial charge in [-0.05, 0) is 74.7 Å². The zero-order chi connectivity index (χ0) is 21.8. The number of likely N-dealkylation sites (tertiary alicyclic amines) is 1. The summed E-state index contributed by atoms with van der Waals surface area (Å²) < 4.78 is 7.72. The van der Waals surface area contributed by atoms with Crippen molar-refractivity contribution in [3.05, 3.63) is 53.9 Å². The second-order valence-corrected chi connectivity index (χ2v) is 9.76. The number of hydrogen-bond donors (Lipinski definition) is 0. The number of ether oxygens (including phenoxy) is 1. The smallest absolute Gasteiger partial charge is 0.224 e. The van der Waals surface area contributed by atoms with Gasteiger partial charge in [-0.15, -0.1) is 0 Å². The van der Waals surface area contributed by atoms with E-state index in [-0.39, 0.29) is 12.0 Å². The molecule has 172 valence electrons. The Morgan fingerprint density at radius 2 is 1.84 bits per heavy atom. The number of fused-ring (bicyclic) bond motifs is 1. The van der Waals surface area contributed by atoms with E-state index in [1.807, 2.05) is 16.9 Å². The number of benzene rings is 1. The molecule has 1 aromatic heterocycles. The second kappa shape index (κ2) is 10.2. The molecule has 6 nitrogen and oxygen atoms in total. The largest absolute Gasteiger partial charge is 0.376 e. The average molecular weight is 437 g/mol. The lowest BCUT2D eigenvalue weighted by Crippen LogP contribution is -2.46.